The van der Waals surface area contributed by atoms with Gasteiger partial charge in [0.25, 0.3) is 0 Å². The summed E-state index contributed by atoms with van der Waals surface area (Å²) in [5.74, 6) is 2.91. The molecule has 3 fully saturated rings. The largest absolute Gasteiger partial charge is 0.469 e. The Morgan fingerprint density at radius 3 is 2.65 bits per heavy atom. The second-order valence-electron chi connectivity index (χ2n) is 9.46. The Morgan fingerprint density at radius 1 is 1.19 bits per heavy atom. The van der Waals surface area contributed by atoms with Gasteiger partial charge in [0.15, 0.2) is 0 Å². The molecule has 0 aromatic rings. The molecule has 3 aliphatic rings. The smallest absolute Gasteiger partial charge is 0.305 e. The Balaban J connectivity index is 1.86. The summed E-state index contributed by atoms with van der Waals surface area (Å²) in [6.45, 7) is 6.76. The number of esters is 1. The number of hydrogen-bond acceptors (Lipinski definition) is 3. The third kappa shape index (κ3) is 3.16. The number of hydrogen-bond donors (Lipinski definition) is 0. The summed E-state index contributed by atoms with van der Waals surface area (Å²) >= 11 is 0. The maximum absolute atomic E-state index is 12.6. The summed E-state index contributed by atoms with van der Waals surface area (Å²) in [6, 6.07) is 0. The normalized spacial score (nSPS) is 42.5. The molecule has 146 valence electrons. The third-order valence-electron chi connectivity index (χ3n) is 8.53. The average Bonchev–Trinajstić information content (AvgIpc) is 2.94. The van der Waals surface area contributed by atoms with E-state index in [4.69, 9.17) is 4.74 Å². The first-order valence-corrected chi connectivity index (χ1v) is 10.6. The fourth-order valence-electron chi connectivity index (χ4n) is 6.86. The van der Waals surface area contributed by atoms with Crippen LogP contribution in [0.4, 0.5) is 0 Å². The molecule has 0 aromatic carbocycles. The Labute approximate surface area is 158 Å². The van der Waals surface area contributed by atoms with Crippen molar-refractivity contribution >= 4 is 11.8 Å². The Bertz CT molecular complexity index is 580. The molecule has 3 saturated carbocycles. The molecule has 6 unspecified atom stereocenters. The highest BCUT2D eigenvalue weighted by Gasteiger charge is 2.59. The summed E-state index contributed by atoms with van der Waals surface area (Å²) in [5.41, 5.74) is 0.101. The summed E-state index contributed by atoms with van der Waals surface area (Å²) in [4.78, 5) is 24.4. The fraction of sp³-hybridized carbons (Fsp3) is 0.826. The van der Waals surface area contributed by atoms with Crippen molar-refractivity contribution in [2.24, 2.45) is 34.5 Å². The van der Waals surface area contributed by atoms with Gasteiger partial charge in [0, 0.05) is 18.3 Å². The lowest BCUT2D eigenvalue weighted by molar-refractivity contribution is -0.144. The molecule has 0 aromatic heterocycles. The van der Waals surface area contributed by atoms with Crippen molar-refractivity contribution in [2.75, 3.05) is 7.11 Å². The van der Waals surface area contributed by atoms with Crippen molar-refractivity contribution in [1.82, 2.24) is 0 Å². The van der Waals surface area contributed by atoms with Crippen LogP contribution in [0.15, 0.2) is 12.2 Å². The highest BCUT2D eigenvalue weighted by molar-refractivity contribution is 5.87. The lowest BCUT2D eigenvalue weighted by Crippen LogP contribution is -2.52. The van der Waals surface area contributed by atoms with E-state index in [0.29, 0.717) is 35.9 Å². The van der Waals surface area contributed by atoms with E-state index in [1.807, 2.05) is 0 Å². The average molecular weight is 361 g/mol. The standard InChI is InChI=1S/C23H36O3/c1-5-6-7-16-8-9-17-18-10-11-20(24)23(18,3)14-12-19(17)22(16,2)15-13-21(25)26-4/h5-6,16-19H,7-15H2,1-4H3/b6-5+. The minimum absolute atomic E-state index is 0.0689. The molecule has 0 heterocycles. The van der Waals surface area contributed by atoms with E-state index in [0.717, 1.165) is 38.5 Å². The Hall–Kier alpha value is -1.12. The number of fused-ring (bicyclic) bond motifs is 3. The Morgan fingerprint density at radius 2 is 1.96 bits per heavy atom. The van der Waals surface area contributed by atoms with Crippen LogP contribution in [0.1, 0.15) is 78.6 Å². The van der Waals surface area contributed by atoms with Crippen LogP contribution < -0.4 is 0 Å². The van der Waals surface area contributed by atoms with Gasteiger partial charge in [-0.25, -0.2) is 0 Å². The zero-order valence-corrected chi connectivity index (χ0v) is 17.1. The monoisotopic (exact) mass is 360 g/mol. The van der Waals surface area contributed by atoms with E-state index >= 15 is 0 Å². The van der Waals surface area contributed by atoms with Gasteiger partial charge < -0.3 is 4.74 Å². The van der Waals surface area contributed by atoms with Crippen LogP contribution >= 0.6 is 0 Å². The van der Waals surface area contributed by atoms with Gasteiger partial charge in [0.05, 0.1) is 7.11 Å². The topological polar surface area (TPSA) is 43.4 Å². The van der Waals surface area contributed by atoms with Gasteiger partial charge in [0.1, 0.15) is 5.78 Å². The van der Waals surface area contributed by atoms with Crippen molar-refractivity contribution < 1.29 is 14.3 Å². The summed E-state index contributed by atoms with van der Waals surface area (Å²) in [6.07, 6.45) is 13.5. The third-order valence-corrected chi connectivity index (χ3v) is 8.53. The van der Waals surface area contributed by atoms with E-state index in [9.17, 15) is 9.59 Å². The maximum Gasteiger partial charge on any atom is 0.305 e. The SMILES string of the molecule is C/C=C/CC1CCC2C3CCC(=O)C3(C)CCC2C1(C)CCC(=O)OC. The van der Waals surface area contributed by atoms with Crippen LogP contribution in [0.2, 0.25) is 0 Å². The molecular weight excluding hydrogens is 324 g/mol. The van der Waals surface area contributed by atoms with Crippen LogP contribution in [0.25, 0.3) is 0 Å². The number of ether oxygens (including phenoxy) is 1. The van der Waals surface area contributed by atoms with Crippen molar-refractivity contribution in [3.8, 4) is 0 Å². The molecule has 0 spiro atoms. The zero-order chi connectivity index (χ0) is 18.9. The molecule has 0 N–H and O–H groups in total. The van der Waals surface area contributed by atoms with Gasteiger partial charge in [-0.2, -0.15) is 0 Å². The minimum atomic E-state index is -0.0881. The van der Waals surface area contributed by atoms with Crippen LogP contribution in [0.5, 0.6) is 0 Å². The molecule has 3 rings (SSSR count). The van der Waals surface area contributed by atoms with Gasteiger partial charge >= 0.3 is 5.97 Å². The van der Waals surface area contributed by atoms with Gasteiger partial charge in [-0.15, -0.1) is 0 Å². The van der Waals surface area contributed by atoms with E-state index in [-0.39, 0.29) is 16.8 Å². The second-order valence-corrected chi connectivity index (χ2v) is 9.46. The number of allylic oxidation sites excluding steroid dienone is 2. The number of ketones is 1. The van der Waals surface area contributed by atoms with Crippen LogP contribution in [0, 0.1) is 34.5 Å². The van der Waals surface area contributed by atoms with E-state index in [1.165, 1.54) is 20.0 Å². The van der Waals surface area contributed by atoms with Crippen molar-refractivity contribution in [1.29, 1.82) is 0 Å². The van der Waals surface area contributed by atoms with Gasteiger partial charge in [0.2, 0.25) is 0 Å². The maximum atomic E-state index is 12.6. The van der Waals surface area contributed by atoms with Gasteiger partial charge in [-0.05, 0) is 81.0 Å². The molecule has 0 bridgehead atoms. The van der Waals surface area contributed by atoms with Crippen LogP contribution in [0.3, 0.4) is 0 Å². The molecule has 3 aliphatic carbocycles. The van der Waals surface area contributed by atoms with E-state index < -0.39 is 0 Å². The number of carbonyl (C=O) groups excluding carboxylic acids is 2. The fourth-order valence-corrected chi connectivity index (χ4v) is 6.86. The summed E-state index contributed by atoms with van der Waals surface area (Å²) < 4.78 is 4.94. The minimum Gasteiger partial charge on any atom is -0.469 e. The summed E-state index contributed by atoms with van der Waals surface area (Å²) in [7, 11) is 1.49. The number of rotatable bonds is 5. The van der Waals surface area contributed by atoms with Crippen LogP contribution in [-0.4, -0.2) is 18.9 Å². The summed E-state index contributed by atoms with van der Waals surface area (Å²) in [5, 5.41) is 0. The molecule has 0 amide bonds. The first-order chi connectivity index (χ1) is 12.4. The highest BCUT2D eigenvalue weighted by atomic mass is 16.5. The number of Topliss-reactive ketones (excluding diaryl/α,β-unsaturated/α-hetero) is 1. The van der Waals surface area contributed by atoms with Crippen molar-refractivity contribution in [3.63, 3.8) is 0 Å². The molecule has 0 saturated heterocycles. The molecule has 0 radical (unpaired) electrons. The number of methoxy groups -OCH3 is 1. The predicted octanol–water partition coefficient (Wildman–Crippen LogP) is 5.33. The molecule has 0 aliphatic heterocycles. The van der Waals surface area contributed by atoms with Gasteiger partial charge in [-0.1, -0.05) is 26.0 Å². The number of carbonyl (C=O) groups is 2. The molecule has 26 heavy (non-hydrogen) atoms. The second kappa shape index (κ2) is 7.48. The zero-order valence-electron chi connectivity index (χ0n) is 17.1. The Kier molecular flexibility index (Phi) is 5.65. The van der Waals surface area contributed by atoms with Crippen LogP contribution in [-0.2, 0) is 14.3 Å². The van der Waals surface area contributed by atoms with E-state index in [1.54, 1.807) is 0 Å². The van der Waals surface area contributed by atoms with E-state index in [2.05, 4.69) is 32.9 Å². The lowest BCUT2D eigenvalue weighted by atomic mass is 9.46. The molecule has 6 atom stereocenters. The predicted molar refractivity (Wildman–Crippen MR) is 104 cm³/mol. The molecular formula is C23H36O3. The van der Waals surface area contributed by atoms with Crippen molar-refractivity contribution in [2.45, 2.75) is 78.6 Å². The first-order valence-electron chi connectivity index (χ1n) is 10.6. The quantitative estimate of drug-likeness (QED) is 0.491. The molecule has 3 nitrogen and oxygen atoms in total. The van der Waals surface area contributed by atoms with Crippen molar-refractivity contribution in [3.05, 3.63) is 12.2 Å². The van der Waals surface area contributed by atoms with Gasteiger partial charge in [-0.3, -0.25) is 9.59 Å². The highest BCUT2D eigenvalue weighted by Crippen LogP contribution is 2.64. The first kappa shape index (κ1) is 19.6. The molecule has 3 heteroatoms. The lowest BCUT2D eigenvalue weighted by Gasteiger charge is -2.58.